The molecule has 0 radical (unpaired) electrons. The van der Waals surface area contributed by atoms with Gasteiger partial charge in [0.05, 0.1) is 0 Å². The molecule has 0 saturated heterocycles. The van der Waals surface area contributed by atoms with Crippen LogP contribution in [-0.2, 0) is 6.54 Å². The molecule has 120 valence electrons. The Bertz CT molecular complexity index is 699. The summed E-state index contributed by atoms with van der Waals surface area (Å²) in [7, 11) is 3.98. The van der Waals surface area contributed by atoms with Crippen molar-refractivity contribution in [2.24, 2.45) is 0 Å². The molecule has 3 rings (SSSR count). The van der Waals surface area contributed by atoms with E-state index in [1.807, 2.05) is 43.3 Å². The first-order chi connectivity index (χ1) is 11.1. The van der Waals surface area contributed by atoms with Crippen LogP contribution in [0.25, 0.3) is 0 Å². The Morgan fingerprint density at radius 1 is 1.09 bits per heavy atom. The number of nitrogens with one attached hydrogen (secondary N) is 2. The lowest BCUT2D eigenvalue weighted by Gasteiger charge is -2.13. The van der Waals surface area contributed by atoms with E-state index in [1.165, 1.54) is 0 Å². The predicted octanol–water partition coefficient (Wildman–Crippen LogP) is 2.80. The van der Waals surface area contributed by atoms with Crippen molar-refractivity contribution in [1.29, 1.82) is 0 Å². The highest BCUT2D eigenvalue weighted by Crippen LogP contribution is 2.34. The van der Waals surface area contributed by atoms with E-state index in [1.54, 1.807) is 18.2 Å². The minimum absolute atomic E-state index is 0.216. The summed E-state index contributed by atoms with van der Waals surface area (Å²) in [5.74, 6) is 1.33. The van der Waals surface area contributed by atoms with Gasteiger partial charge in [0, 0.05) is 38.1 Å². The first kappa shape index (κ1) is 15.0. The van der Waals surface area contributed by atoms with Gasteiger partial charge in [-0.15, -0.1) is 0 Å². The van der Waals surface area contributed by atoms with Gasteiger partial charge in [0.2, 0.25) is 6.79 Å². The molecule has 0 fully saturated rings. The SMILES string of the molecule is CN(C)c1ccc(CNC(=O)Nc2ccc3c(c2)OCO3)cc1. The average molecular weight is 313 g/mol. The molecule has 0 saturated carbocycles. The highest BCUT2D eigenvalue weighted by atomic mass is 16.7. The van der Waals surface area contributed by atoms with Crippen molar-refractivity contribution in [3.8, 4) is 11.5 Å². The van der Waals surface area contributed by atoms with Crippen molar-refractivity contribution in [3.05, 3.63) is 48.0 Å². The van der Waals surface area contributed by atoms with E-state index < -0.39 is 0 Å². The summed E-state index contributed by atoms with van der Waals surface area (Å²) >= 11 is 0. The Morgan fingerprint density at radius 3 is 2.57 bits per heavy atom. The fourth-order valence-electron chi connectivity index (χ4n) is 2.24. The van der Waals surface area contributed by atoms with Crippen LogP contribution in [-0.4, -0.2) is 26.9 Å². The third kappa shape index (κ3) is 3.66. The second-order valence-electron chi connectivity index (χ2n) is 5.44. The molecule has 6 nitrogen and oxygen atoms in total. The van der Waals surface area contributed by atoms with Crippen molar-refractivity contribution in [2.75, 3.05) is 31.1 Å². The maximum Gasteiger partial charge on any atom is 0.319 e. The summed E-state index contributed by atoms with van der Waals surface area (Å²) in [5, 5.41) is 5.61. The number of carbonyl (C=O) groups is 1. The van der Waals surface area contributed by atoms with Crippen LogP contribution in [0.3, 0.4) is 0 Å². The smallest absolute Gasteiger partial charge is 0.319 e. The number of urea groups is 1. The second kappa shape index (κ2) is 6.48. The maximum absolute atomic E-state index is 12.0. The van der Waals surface area contributed by atoms with Crippen LogP contribution in [0.15, 0.2) is 42.5 Å². The monoisotopic (exact) mass is 313 g/mol. The lowest BCUT2D eigenvalue weighted by atomic mass is 10.2. The first-order valence-electron chi connectivity index (χ1n) is 7.32. The van der Waals surface area contributed by atoms with Crippen molar-refractivity contribution in [1.82, 2.24) is 5.32 Å². The van der Waals surface area contributed by atoms with Crippen molar-refractivity contribution in [2.45, 2.75) is 6.54 Å². The van der Waals surface area contributed by atoms with Gasteiger partial charge >= 0.3 is 6.03 Å². The predicted molar refractivity (Wildman–Crippen MR) is 89.2 cm³/mol. The summed E-state index contributed by atoms with van der Waals surface area (Å²) in [6.07, 6.45) is 0. The summed E-state index contributed by atoms with van der Waals surface area (Å²) < 4.78 is 10.5. The Hall–Kier alpha value is -2.89. The maximum atomic E-state index is 12.0. The molecule has 2 N–H and O–H groups in total. The van der Waals surface area contributed by atoms with Crippen LogP contribution in [0.2, 0.25) is 0 Å². The molecule has 2 aromatic rings. The second-order valence-corrected chi connectivity index (χ2v) is 5.44. The number of hydrogen-bond acceptors (Lipinski definition) is 4. The number of amides is 2. The Kier molecular flexibility index (Phi) is 4.23. The quantitative estimate of drug-likeness (QED) is 0.911. The Morgan fingerprint density at radius 2 is 1.83 bits per heavy atom. The van der Waals surface area contributed by atoms with Crippen LogP contribution in [0.5, 0.6) is 11.5 Å². The van der Waals surface area contributed by atoms with Crippen LogP contribution in [0, 0.1) is 0 Å². The van der Waals surface area contributed by atoms with E-state index in [0.29, 0.717) is 23.7 Å². The summed E-state index contributed by atoms with van der Waals surface area (Å²) in [6, 6.07) is 13.1. The van der Waals surface area contributed by atoms with Gasteiger partial charge in [0.25, 0.3) is 0 Å². The first-order valence-corrected chi connectivity index (χ1v) is 7.32. The van der Waals surface area contributed by atoms with Crippen LogP contribution in [0.4, 0.5) is 16.2 Å². The minimum Gasteiger partial charge on any atom is -0.454 e. The standard InChI is InChI=1S/C17H19N3O3/c1-20(2)14-6-3-12(4-7-14)10-18-17(21)19-13-5-8-15-16(9-13)23-11-22-15/h3-9H,10-11H2,1-2H3,(H2,18,19,21). The molecule has 1 heterocycles. The molecule has 0 atom stereocenters. The highest BCUT2D eigenvalue weighted by molar-refractivity contribution is 5.89. The van der Waals surface area contributed by atoms with E-state index >= 15 is 0 Å². The highest BCUT2D eigenvalue weighted by Gasteiger charge is 2.13. The normalized spacial score (nSPS) is 11.9. The number of ether oxygens (including phenoxy) is 2. The van der Waals surface area contributed by atoms with E-state index in [9.17, 15) is 4.79 Å². The molecule has 0 spiro atoms. The third-order valence-electron chi connectivity index (χ3n) is 3.54. The third-order valence-corrected chi connectivity index (χ3v) is 3.54. The molecule has 0 unspecified atom stereocenters. The molecule has 0 aliphatic carbocycles. The van der Waals surface area contributed by atoms with Crippen LogP contribution >= 0.6 is 0 Å². The zero-order chi connectivity index (χ0) is 16.2. The van der Waals surface area contributed by atoms with Crippen LogP contribution in [0.1, 0.15) is 5.56 Å². The molecular formula is C17H19N3O3. The number of anilines is 2. The Balaban J connectivity index is 1.53. The van der Waals surface area contributed by atoms with Gasteiger partial charge in [-0.05, 0) is 29.8 Å². The average Bonchev–Trinajstić information content (AvgIpc) is 3.01. The largest absolute Gasteiger partial charge is 0.454 e. The number of fused-ring (bicyclic) bond motifs is 1. The van der Waals surface area contributed by atoms with Gasteiger partial charge in [-0.1, -0.05) is 12.1 Å². The summed E-state index contributed by atoms with van der Waals surface area (Å²) in [5.41, 5.74) is 2.82. The number of hydrogen-bond donors (Lipinski definition) is 2. The number of nitrogens with zero attached hydrogens (tertiary/aromatic N) is 1. The van der Waals surface area contributed by atoms with E-state index in [2.05, 4.69) is 10.6 Å². The van der Waals surface area contributed by atoms with Crippen molar-refractivity contribution in [3.63, 3.8) is 0 Å². The van der Waals surface area contributed by atoms with Crippen molar-refractivity contribution < 1.29 is 14.3 Å². The van der Waals surface area contributed by atoms with E-state index in [4.69, 9.17) is 9.47 Å². The molecule has 1 aliphatic rings. The zero-order valence-corrected chi connectivity index (χ0v) is 13.1. The van der Waals surface area contributed by atoms with Gasteiger partial charge in [-0.2, -0.15) is 0 Å². The van der Waals surface area contributed by atoms with Gasteiger partial charge < -0.3 is 25.0 Å². The molecular weight excluding hydrogens is 294 g/mol. The molecule has 6 heteroatoms. The van der Waals surface area contributed by atoms with E-state index in [0.717, 1.165) is 11.3 Å². The number of rotatable bonds is 4. The fraction of sp³-hybridized carbons (Fsp3) is 0.235. The number of carbonyl (C=O) groups excluding carboxylic acids is 1. The molecule has 0 aromatic heterocycles. The Labute approximate surface area is 135 Å². The lowest BCUT2D eigenvalue weighted by Crippen LogP contribution is -2.28. The topological polar surface area (TPSA) is 62.8 Å². The van der Waals surface area contributed by atoms with Gasteiger partial charge in [0.1, 0.15) is 0 Å². The number of benzene rings is 2. The molecule has 2 aromatic carbocycles. The summed E-state index contributed by atoms with van der Waals surface area (Å²) in [6.45, 7) is 0.679. The molecule has 23 heavy (non-hydrogen) atoms. The van der Waals surface area contributed by atoms with Gasteiger partial charge in [-0.3, -0.25) is 0 Å². The molecule has 2 amide bonds. The van der Waals surface area contributed by atoms with Gasteiger partial charge in [0.15, 0.2) is 11.5 Å². The zero-order valence-electron chi connectivity index (χ0n) is 13.1. The van der Waals surface area contributed by atoms with Gasteiger partial charge in [-0.25, -0.2) is 4.79 Å². The minimum atomic E-state index is -0.263. The summed E-state index contributed by atoms with van der Waals surface area (Å²) in [4.78, 5) is 14.0. The van der Waals surface area contributed by atoms with E-state index in [-0.39, 0.29) is 12.8 Å². The molecule has 0 bridgehead atoms. The fourth-order valence-corrected chi connectivity index (χ4v) is 2.24. The van der Waals surface area contributed by atoms with Crippen molar-refractivity contribution >= 4 is 17.4 Å². The lowest BCUT2D eigenvalue weighted by molar-refractivity contribution is 0.174. The molecule has 1 aliphatic heterocycles. The van der Waals surface area contributed by atoms with Crippen LogP contribution < -0.4 is 25.0 Å².